The first-order valence-electron chi connectivity index (χ1n) is 32.6. The molecule has 4 aromatic heterocycles. The highest BCUT2D eigenvalue weighted by molar-refractivity contribution is 7.96. The summed E-state index contributed by atoms with van der Waals surface area (Å²) in [7, 11) is -3.24. The summed E-state index contributed by atoms with van der Waals surface area (Å²) in [4.78, 5) is 44.1. The molecule has 2 saturated heterocycles. The molecule has 0 spiro atoms. The van der Waals surface area contributed by atoms with E-state index in [1.807, 2.05) is 25.2 Å². The van der Waals surface area contributed by atoms with Gasteiger partial charge >= 0.3 is 0 Å². The number of anilines is 4. The van der Waals surface area contributed by atoms with E-state index in [-0.39, 0.29) is 19.0 Å². The summed E-state index contributed by atoms with van der Waals surface area (Å²) in [6, 6.07) is 15.9. The third kappa shape index (κ3) is 25.5. The molecule has 8 N–H and O–H groups in total. The van der Waals surface area contributed by atoms with Crippen LogP contribution in [-0.4, -0.2) is 239 Å². The van der Waals surface area contributed by atoms with E-state index in [2.05, 4.69) is 143 Å². The maximum absolute atomic E-state index is 12.0. The topological polar surface area (TPSA) is 368 Å². The van der Waals surface area contributed by atoms with E-state index in [1.165, 1.54) is 41.2 Å². The summed E-state index contributed by atoms with van der Waals surface area (Å²) in [5, 5.41) is 18.2. The van der Waals surface area contributed by atoms with Crippen molar-refractivity contribution >= 4 is 131 Å². The second-order valence-corrected chi connectivity index (χ2v) is 31.6. The van der Waals surface area contributed by atoms with E-state index in [9.17, 15) is 25.3 Å². The molecule has 2 unspecified atom stereocenters. The quantitative estimate of drug-likeness (QED) is 0.0292. The minimum absolute atomic E-state index is 0. The zero-order chi connectivity index (χ0) is 72.8. The van der Waals surface area contributed by atoms with Crippen LogP contribution in [0, 0.1) is 27.7 Å². The van der Waals surface area contributed by atoms with Crippen LogP contribution in [0.3, 0.4) is 0 Å². The van der Waals surface area contributed by atoms with Gasteiger partial charge in [0.1, 0.15) is 48.6 Å². The lowest BCUT2D eigenvalue weighted by Gasteiger charge is -2.24. The SMILES string of the molecule is C=S(N)(=O)N1CCCN(c2ncnc3cc(C)c(C)cc23)CC1.C=S(N)(=O)NCCN1CCCN(c2ncnc3cc(C)c(C)cc23)CC1.COc1cc2ncnc(N(C)CCCCCNS(C)(=O)=O)c2cc1OC.COc1cc2ncnc(NCCOCCNS(C)(=O)=O)c2cc1OC.Cl. The average Bonchev–Trinajstić information content (AvgIpc) is 1.59. The van der Waals surface area contributed by atoms with Gasteiger partial charge in [-0.2, -0.15) is 0 Å². The number of fused-ring (bicyclic) bond motifs is 4. The van der Waals surface area contributed by atoms with Crippen LogP contribution in [0.15, 0.2) is 73.8 Å². The summed E-state index contributed by atoms with van der Waals surface area (Å²) in [6.45, 7) is 19.2. The Balaban J connectivity index is 0.000000211. The molecule has 2 fully saturated rings. The minimum atomic E-state index is -3.18. The van der Waals surface area contributed by atoms with Crippen molar-refractivity contribution in [1.82, 2.24) is 63.2 Å². The smallest absolute Gasteiger partial charge is 0.208 e. The third-order valence-electron chi connectivity index (χ3n) is 16.6. The highest BCUT2D eigenvalue weighted by atomic mass is 35.5. The predicted octanol–water partition coefficient (Wildman–Crippen LogP) is 4.97. The molecule has 8 aromatic rings. The minimum Gasteiger partial charge on any atom is -0.493 e. The molecule has 35 heteroatoms. The molecule has 6 heterocycles. The average molecular weight is 1500 g/mol. The van der Waals surface area contributed by atoms with Gasteiger partial charge in [-0.3, -0.25) is 0 Å². The van der Waals surface area contributed by atoms with Gasteiger partial charge in [0, 0.05) is 126 Å². The normalized spacial score (nSPS) is 15.1. The maximum atomic E-state index is 12.0. The van der Waals surface area contributed by atoms with Crippen molar-refractivity contribution in [2.24, 2.45) is 10.3 Å². The predicted molar refractivity (Wildman–Crippen MR) is 411 cm³/mol. The van der Waals surface area contributed by atoms with Gasteiger partial charge in [-0.15, -0.1) is 12.4 Å². The number of sulfonamides is 2. The van der Waals surface area contributed by atoms with E-state index in [0.717, 1.165) is 152 Å². The van der Waals surface area contributed by atoms with Crippen molar-refractivity contribution in [3.05, 3.63) is 96.1 Å². The fourth-order valence-electron chi connectivity index (χ4n) is 11.2. The Hall–Kier alpha value is -7.45. The van der Waals surface area contributed by atoms with E-state index in [4.69, 9.17) is 34.0 Å². The Bertz CT molecular complexity index is 4520. The molecule has 101 heavy (non-hydrogen) atoms. The molecule has 2 aliphatic rings. The summed E-state index contributed by atoms with van der Waals surface area (Å²) in [5.74, 6) is 12.9. The molecule has 0 amide bonds. The van der Waals surface area contributed by atoms with Gasteiger partial charge in [0.25, 0.3) is 0 Å². The third-order valence-corrected chi connectivity index (χ3v) is 20.0. The lowest BCUT2D eigenvalue weighted by molar-refractivity contribution is 0.149. The molecule has 10 rings (SSSR count). The number of aromatic nitrogens is 8. The Labute approximate surface area is 601 Å². The van der Waals surface area contributed by atoms with Crippen LogP contribution >= 0.6 is 12.4 Å². The number of benzene rings is 4. The zero-order valence-corrected chi connectivity index (χ0v) is 63.8. The monoisotopic (exact) mass is 1500 g/mol. The summed E-state index contributed by atoms with van der Waals surface area (Å²) in [5.41, 5.74) is 8.44. The Morgan fingerprint density at radius 3 is 1.50 bits per heavy atom. The number of hydrogen-bond donors (Lipinski definition) is 6. The fraction of sp³-hybridized carbons (Fsp3) is 0.485. The van der Waals surface area contributed by atoms with Crippen molar-refractivity contribution in [1.29, 1.82) is 0 Å². The van der Waals surface area contributed by atoms with E-state index < -0.39 is 39.8 Å². The van der Waals surface area contributed by atoms with Crippen LogP contribution in [0.4, 0.5) is 23.3 Å². The van der Waals surface area contributed by atoms with Gasteiger partial charge in [0.15, 0.2) is 23.0 Å². The first-order valence-corrected chi connectivity index (χ1v) is 39.9. The Morgan fingerprint density at radius 1 is 0.495 bits per heavy atom. The van der Waals surface area contributed by atoms with Crippen molar-refractivity contribution in [2.45, 2.75) is 59.8 Å². The number of unbranched alkanes of at least 4 members (excludes halogenated alkanes) is 2. The molecule has 0 radical (unpaired) electrons. The van der Waals surface area contributed by atoms with Crippen LogP contribution < -0.4 is 63.4 Å². The van der Waals surface area contributed by atoms with Crippen molar-refractivity contribution < 1.29 is 48.9 Å². The highest BCUT2D eigenvalue weighted by Gasteiger charge is 2.23. The Morgan fingerprint density at radius 2 is 0.960 bits per heavy atom. The van der Waals surface area contributed by atoms with Crippen molar-refractivity contribution in [3.63, 3.8) is 0 Å². The number of halogens is 1. The molecule has 0 bridgehead atoms. The van der Waals surface area contributed by atoms with Crippen LogP contribution in [0.25, 0.3) is 43.6 Å². The zero-order valence-electron chi connectivity index (χ0n) is 59.7. The fourth-order valence-corrected chi connectivity index (χ4v) is 13.4. The Kier molecular flexibility index (Phi) is 31.6. The number of ether oxygens (including phenoxy) is 5. The molecule has 556 valence electrons. The molecule has 2 atom stereocenters. The van der Waals surface area contributed by atoms with Gasteiger partial charge in [-0.25, -0.2) is 93.9 Å². The molecule has 0 aliphatic carbocycles. The van der Waals surface area contributed by atoms with E-state index >= 15 is 0 Å². The second-order valence-electron chi connectivity index (χ2n) is 24.3. The molecule has 4 aromatic carbocycles. The van der Waals surface area contributed by atoms with Gasteiger partial charge in [-0.1, -0.05) is 6.42 Å². The highest BCUT2D eigenvalue weighted by Crippen LogP contribution is 2.36. The molecule has 2 aliphatic heterocycles. The molecule has 0 saturated carbocycles. The number of rotatable bonds is 27. The molecular weight excluding hydrogens is 1400 g/mol. The van der Waals surface area contributed by atoms with E-state index in [0.29, 0.717) is 74.8 Å². The van der Waals surface area contributed by atoms with Crippen LogP contribution in [0.2, 0.25) is 0 Å². The number of nitrogens with two attached hydrogens (primary N) is 2. The standard InChI is InChI=1S/C18H28N6OS.C17H26N4O4S.C16H23N5OS.C15H22N4O5S.ClH/c1-14-11-16-17(12-15(14)2)20-13-21-18(16)24-7-4-6-23(9-10-24)8-5-22-26(3,19)25;1-21(9-7-5-6-8-20-26(4,22)23)17-13-10-15(24-2)16(25-3)11-14(13)18-12-19-17;1-12-9-14-15(10-13(12)2)18-11-19-16(14)20-5-4-6-21(8-7-20)23(3,17)22;1-22-13-8-11-12(9-14(13)23-2)17-10-18-15(11)16-4-6-24-7-5-19-25(3,20)21;/h11-13H,3-10H2,1-2H3,(H3,19,22,25);10-12,20H,5-9H2,1-4H3;9-11H,3-8H2,1-2H3,(H2,17,22);8-10,19H,4-7H2,1-3H3,(H,16,17,18);1H. The first-order chi connectivity index (χ1) is 47.5. The second kappa shape index (κ2) is 38.7. The van der Waals surface area contributed by atoms with Crippen molar-refractivity contribution in [3.8, 4) is 23.0 Å². The van der Waals surface area contributed by atoms with Gasteiger partial charge in [0.05, 0.1) is 96.0 Å². The first kappa shape index (κ1) is 82.5. The lowest BCUT2D eigenvalue weighted by atomic mass is 10.1. The van der Waals surface area contributed by atoms with Gasteiger partial charge in [0.2, 0.25) is 20.0 Å². The summed E-state index contributed by atoms with van der Waals surface area (Å²) < 4.78 is 103. The number of methoxy groups -OCH3 is 4. The molecule has 30 nitrogen and oxygen atoms in total. The maximum Gasteiger partial charge on any atom is 0.208 e. The largest absolute Gasteiger partial charge is 0.493 e. The molecular formula is C66H100ClN19O11S4. The number of nitrogens with one attached hydrogen (secondary N) is 4. The van der Waals surface area contributed by atoms with Crippen LogP contribution in [-0.2, 0) is 44.6 Å². The summed E-state index contributed by atoms with van der Waals surface area (Å²) >= 11 is 0. The van der Waals surface area contributed by atoms with Crippen molar-refractivity contribution in [2.75, 3.05) is 173 Å². The van der Waals surface area contributed by atoms with Crippen LogP contribution in [0.5, 0.6) is 23.0 Å². The lowest BCUT2D eigenvalue weighted by Crippen LogP contribution is -2.39. The summed E-state index contributed by atoms with van der Waals surface area (Å²) in [6.07, 6.45) is 13.1. The van der Waals surface area contributed by atoms with Crippen LogP contribution in [0.1, 0.15) is 54.4 Å². The number of aryl methyl sites for hydroxylation is 4. The number of nitrogens with zero attached hydrogens (tertiary/aromatic N) is 13. The number of hydrogen-bond acceptors (Lipinski definition) is 24. The van der Waals surface area contributed by atoms with Gasteiger partial charge in [-0.05, 0) is 130 Å². The van der Waals surface area contributed by atoms with Gasteiger partial charge < -0.3 is 48.6 Å². The van der Waals surface area contributed by atoms with E-state index in [1.54, 1.807) is 51.5 Å².